The topological polar surface area (TPSA) is 93.8 Å². The second kappa shape index (κ2) is 11.7. The minimum absolute atomic E-state index is 0.271. The number of aromatic nitrogens is 3. The Bertz CT molecular complexity index is 1650. The molecule has 0 bridgehead atoms. The van der Waals surface area contributed by atoms with Gasteiger partial charge in [-0.3, -0.25) is 9.48 Å². The minimum atomic E-state index is -0.956. The van der Waals surface area contributed by atoms with Gasteiger partial charge in [-0.2, -0.15) is 10.4 Å². The van der Waals surface area contributed by atoms with E-state index in [0.29, 0.717) is 44.1 Å². The van der Waals surface area contributed by atoms with E-state index < -0.39 is 11.7 Å². The molecular weight excluding hydrogens is 559 g/mol. The molecule has 3 atom stereocenters. The SMILES string of the molecule is C=C(F)C(=O)N1[C@H](C)CN(c2c(C#N)c(OCC3CCCN3C)nc3c2CCN(c2c(C)ccc4cnn(C)c24)C3)C[C@@H]1C. The first-order valence-corrected chi connectivity index (χ1v) is 15.5. The smallest absolute Gasteiger partial charge is 0.282 e. The maximum atomic E-state index is 13.9. The number of ether oxygens (including phenoxy) is 1. The zero-order valence-corrected chi connectivity index (χ0v) is 26.3. The van der Waals surface area contributed by atoms with Crippen molar-refractivity contribution in [3.63, 3.8) is 0 Å². The third-order valence-corrected chi connectivity index (χ3v) is 9.59. The Kier molecular flexibility index (Phi) is 7.97. The van der Waals surface area contributed by atoms with Gasteiger partial charge in [0.25, 0.3) is 5.91 Å². The van der Waals surface area contributed by atoms with E-state index in [2.05, 4.69) is 58.6 Å². The molecule has 0 N–H and O–H groups in total. The number of nitriles is 1. The predicted octanol–water partition coefficient (Wildman–Crippen LogP) is 4.09. The molecule has 1 unspecified atom stereocenters. The molecule has 10 nitrogen and oxygen atoms in total. The van der Waals surface area contributed by atoms with Gasteiger partial charge in [-0.1, -0.05) is 18.7 Å². The highest BCUT2D eigenvalue weighted by atomic mass is 19.1. The van der Waals surface area contributed by atoms with E-state index in [9.17, 15) is 14.4 Å². The van der Waals surface area contributed by atoms with E-state index in [1.54, 1.807) is 4.90 Å². The lowest BCUT2D eigenvalue weighted by Crippen LogP contribution is -2.59. The van der Waals surface area contributed by atoms with Crippen LogP contribution in [0.3, 0.4) is 0 Å². The van der Waals surface area contributed by atoms with Crippen molar-refractivity contribution < 1.29 is 13.9 Å². The van der Waals surface area contributed by atoms with Crippen LogP contribution in [0.5, 0.6) is 5.88 Å². The van der Waals surface area contributed by atoms with E-state index in [1.165, 1.54) is 0 Å². The number of carbonyl (C=O) groups excluding carboxylic acids is 1. The number of pyridine rings is 1. The van der Waals surface area contributed by atoms with Crippen LogP contribution < -0.4 is 14.5 Å². The van der Waals surface area contributed by atoms with Gasteiger partial charge >= 0.3 is 0 Å². The van der Waals surface area contributed by atoms with Crippen molar-refractivity contribution in [3.8, 4) is 11.9 Å². The molecule has 2 fully saturated rings. The van der Waals surface area contributed by atoms with Crippen LogP contribution in [0.4, 0.5) is 15.8 Å². The first-order valence-electron chi connectivity index (χ1n) is 15.5. The summed E-state index contributed by atoms with van der Waals surface area (Å²) in [5.74, 6) is -1.28. The van der Waals surface area contributed by atoms with E-state index >= 15 is 0 Å². The number of fused-ring (bicyclic) bond motifs is 2. The number of aryl methyl sites for hydroxylation is 2. The lowest BCUT2D eigenvalue weighted by atomic mass is 9.95. The number of likely N-dealkylation sites (N-methyl/N-ethyl adjacent to an activating group) is 1. The van der Waals surface area contributed by atoms with Crippen molar-refractivity contribution in [1.82, 2.24) is 24.6 Å². The maximum absolute atomic E-state index is 13.9. The highest BCUT2D eigenvalue weighted by Crippen LogP contribution is 2.40. The van der Waals surface area contributed by atoms with Gasteiger partial charge < -0.3 is 24.3 Å². The van der Waals surface area contributed by atoms with Gasteiger partial charge in [-0.05, 0) is 59.2 Å². The summed E-state index contributed by atoms with van der Waals surface area (Å²) in [5, 5.41) is 16.2. The predicted molar refractivity (Wildman–Crippen MR) is 169 cm³/mol. The molecular formula is C33H41FN8O2. The van der Waals surface area contributed by atoms with Crippen LogP contribution in [-0.2, 0) is 24.8 Å². The van der Waals surface area contributed by atoms with Crippen molar-refractivity contribution in [3.05, 3.63) is 53.1 Å². The molecule has 0 radical (unpaired) electrons. The van der Waals surface area contributed by atoms with Crippen molar-refractivity contribution in [2.24, 2.45) is 7.05 Å². The zero-order valence-electron chi connectivity index (χ0n) is 26.3. The van der Waals surface area contributed by atoms with Crippen molar-refractivity contribution in [1.29, 1.82) is 5.26 Å². The van der Waals surface area contributed by atoms with Crippen molar-refractivity contribution in [2.45, 2.75) is 64.7 Å². The number of likely N-dealkylation sites (tertiary alicyclic amines) is 1. The summed E-state index contributed by atoms with van der Waals surface area (Å²) >= 11 is 0. The van der Waals surface area contributed by atoms with Crippen LogP contribution >= 0.6 is 0 Å². The fourth-order valence-corrected chi connectivity index (χ4v) is 7.44. The Morgan fingerprint density at radius 2 is 1.91 bits per heavy atom. The molecule has 0 aliphatic carbocycles. The Labute approximate surface area is 258 Å². The lowest BCUT2D eigenvalue weighted by Gasteiger charge is -2.46. The number of halogens is 1. The van der Waals surface area contributed by atoms with Crippen molar-refractivity contribution >= 4 is 28.2 Å². The van der Waals surface area contributed by atoms with Crippen LogP contribution in [0.15, 0.2) is 30.7 Å². The summed E-state index contributed by atoms with van der Waals surface area (Å²) < 4.78 is 22.2. The number of benzene rings is 1. The molecule has 5 heterocycles. The average Bonchev–Trinajstić information content (AvgIpc) is 3.58. The fraction of sp³-hybridized carbons (Fsp3) is 0.515. The summed E-state index contributed by atoms with van der Waals surface area (Å²) in [7, 11) is 4.07. The van der Waals surface area contributed by atoms with E-state index in [1.807, 2.05) is 31.8 Å². The number of piperazine rings is 1. The van der Waals surface area contributed by atoms with Gasteiger partial charge in [0.05, 0.1) is 35.3 Å². The monoisotopic (exact) mass is 600 g/mol. The Morgan fingerprint density at radius 3 is 2.57 bits per heavy atom. The molecule has 3 aromatic rings. The summed E-state index contributed by atoms with van der Waals surface area (Å²) in [6.07, 6.45) is 4.75. The normalized spacial score (nSPS) is 22.3. The third kappa shape index (κ3) is 5.15. The van der Waals surface area contributed by atoms with E-state index in [4.69, 9.17) is 9.72 Å². The molecule has 232 valence electrons. The molecule has 3 aliphatic rings. The van der Waals surface area contributed by atoms with Gasteiger partial charge in [0.1, 0.15) is 18.2 Å². The number of rotatable bonds is 6. The molecule has 2 saturated heterocycles. The van der Waals surface area contributed by atoms with Crippen LogP contribution in [0.1, 0.15) is 49.1 Å². The molecule has 2 aromatic heterocycles. The third-order valence-electron chi connectivity index (χ3n) is 9.59. The van der Waals surface area contributed by atoms with Gasteiger partial charge in [-0.15, -0.1) is 0 Å². The fourth-order valence-electron chi connectivity index (χ4n) is 7.44. The number of hydrogen-bond donors (Lipinski definition) is 0. The Morgan fingerprint density at radius 1 is 1.16 bits per heavy atom. The molecule has 0 spiro atoms. The zero-order chi connectivity index (χ0) is 31.3. The first-order chi connectivity index (χ1) is 21.1. The molecule has 0 saturated carbocycles. The van der Waals surface area contributed by atoms with Crippen LogP contribution in [0.2, 0.25) is 0 Å². The molecule has 44 heavy (non-hydrogen) atoms. The van der Waals surface area contributed by atoms with Gasteiger partial charge in [-0.25, -0.2) is 9.37 Å². The van der Waals surface area contributed by atoms with Crippen LogP contribution in [0, 0.1) is 18.3 Å². The highest BCUT2D eigenvalue weighted by Gasteiger charge is 2.38. The second-order valence-corrected chi connectivity index (χ2v) is 12.6. The quantitative estimate of drug-likeness (QED) is 0.391. The van der Waals surface area contributed by atoms with Crippen molar-refractivity contribution in [2.75, 3.05) is 49.6 Å². The Hall–Kier alpha value is -4.17. The highest BCUT2D eigenvalue weighted by molar-refractivity contribution is 5.93. The van der Waals surface area contributed by atoms with E-state index in [0.717, 1.165) is 65.0 Å². The largest absolute Gasteiger partial charge is 0.475 e. The van der Waals surface area contributed by atoms with E-state index in [-0.39, 0.29) is 18.1 Å². The molecule has 11 heteroatoms. The summed E-state index contributed by atoms with van der Waals surface area (Å²) in [5.41, 5.74) is 6.56. The second-order valence-electron chi connectivity index (χ2n) is 12.6. The summed E-state index contributed by atoms with van der Waals surface area (Å²) in [4.78, 5) is 26.1. The van der Waals surface area contributed by atoms with Crippen LogP contribution in [-0.4, -0.2) is 88.4 Å². The lowest BCUT2D eigenvalue weighted by molar-refractivity contribution is -0.133. The average molecular weight is 601 g/mol. The number of carbonyl (C=O) groups is 1. The summed E-state index contributed by atoms with van der Waals surface area (Å²) in [6, 6.07) is 6.38. The number of amides is 1. The standard InChI is InChI=1S/C33H41FN8O2/c1-20-9-10-24-15-36-39(6)30(24)29(20)40-13-11-26-28(18-40)37-32(44-19-25-8-7-12-38(25)5)27(14-35)31(26)41-16-21(2)42(22(3)17-41)33(43)23(4)34/h9-10,15,21-22,25H,4,7-8,11-13,16-19H2,1-3,5-6H3/t21-,22+,25?. The number of nitrogens with zero attached hydrogens (tertiary/aromatic N) is 8. The van der Waals surface area contributed by atoms with Gasteiger partial charge in [0, 0.05) is 55.8 Å². The number of anilines is 2. The Balaban J connectivity index is 1.41. The first kappa shape index (κ1) is 29.9. The molecule has 1 aromatic carbocycles. The molecule has 3 aliphatic heterocycles. The maximum Gasteiger partial charge on any atom is 0.282 e. The van der Waals surface area contributed by atoms with Crippen LogP contribution in [0.25, 0.3) is 10.9 Å². The van der Waals surface area contributed by atoms with Gasteiger partial charge in [0.2, 0.25) is 5.88 Å². The molecule has 6 rings (SSSR count). The molecule has 1 amide bonds. The summed E-state index contributed by atoms with van der Waals surface area (Å²) in [6.45, 7) is 12.9. The minimum Gasteiger partial charge on any atom is -0.475 e. The number of hydrogen-bond acceptors (Lipinski definition) is 8. The van der Waals surface area contributed by atoms with Gasteiger partial charge in [0.15, 0.2) is 5.83 Å².